The van der Waals surface area contributed by atoms with Crippen molar-refractivity contribution in [3.63, 3.8) is 0 Å². The summed E-state index contributed by atoms with van der Waals surface area (Å²) in [6, 6.07) is 15.2. The van der Waals surface area contributed by atoms with Crippen LogP contribution in [0, 0.1) is 0 Å². The lowest BCUT2D eigenvalue weighted by Gasteiger charge is -2.28. The summed E-state index contributed by atoms with van der Waals surface area (Å²) in [5, 5.41) is 5.86. The minimum Gasteiger partial charge on any atom is -0.497 e. The standard InChI is InChI=1S/C21H23N3O2/c1-23-13-11-15(12-14-23)20-18-5-3-4-6-19(18)24(22-20)21(25)16-7-9-17(26-2)10-8-16/h3-10,15H,11-14H2,1-2H3. The van der Waals surface area contributed by atoms with E-state index in [1.807, 2.05) is 18.2 Å². The van der Waals surface area contributed by atoms with Crippen molar-refractivity contribution < 1.29 is 9.53 Å². The van der Waals surface area contributed by atoms with Gasteiger partial charge in [-0.15, -0.1) is 0 Å². The molecule has 3 aromatic rings. The Kier molecular flexibility index (Phi) is 4.47. The molecule has 134 valence electrons. The molecule has 0 spiro atoms. The van der Waals surface area contributed by atoms with Crippen LogP contribution >= 0.6 is 0 Å². The Morgan fingerprint density at radius 2 is 1.77 bits per heavy atom. The second-order valence-electron chi connectivity index (χ2n) is 6.93. The third kappa shape index (κ3) is 2.99. The highest BCUT2D eigenvalue weighted by atomic mass is 16.5. The van der Waals surface area contributed by atoms with E-state index < -0.39 is 0 Å². The summed E-state index contributed by atoms with van der Waals surface area (Å²) in [5.41, 5.74) is 2.53. The lowest BCUT2D eigenvalue weighted by atomic mass is 9.92. The molecule has 0 aliphatic carbocycles. The zero-order valence-electron chi connectivity index (χ0n) is 15.2. The normalized spacial score (nSPS) is 16.1. The molecule has 0 bridgehead atoms. The lowest BCUT2D eigenvalue weighted by Crippen LogP contribution is -2.29. The van der Waals surface area contributed by atoms with Gasteiger partial charge in [0, 0.05) is 16.9 Å². The zero-order valence-corrected chi connectivity index (χ0v) is 15.2. The zero-order chi connectivity index (χ0) is 18.1. The molecule has 0 amide bonds. The monoisotopic (exact) mass is 349 g/mol. The van der Waals surface area contributed by atoms with E-state index in [0.29, 0.717) is 11.5 Å². The number of para-hydroxylation sites is 1. The van der Waals surface area contributed by atoms with Gasteiger partial charge in [-0.05, 0) is 63.3 Å². The summed E-state index contributed by atoms with van der Waals surface area (Å²) in [7, 11) is 3.77. The van der Waals surface area contributed by atoms with Gasteiger partial charge in [-0.3, -0.25) is 4.79 Å². The largest absolute Gasteiger partial charge is 0.497 e. The van der Waals surface area contributed by atoms with Gasteiger partial charge in [0.1, 0.15) is 5.75 Å². The molecule has 1 aliphatic heterocycles. The van der Waals surface area contributed by atoms with Crippen molar-refractivity contribution in [1.82, 2.24) is 14.7 Å². The Morgan fingerprint density at radius 1 is 1.08 bits per heavy atom. The van der Waals surface area contributed by atoms with Gasteiger partial charge in [0.2, 0.25) is 0 Å². The van der Waals surface area contributed by atoms with E-state index in [-0.39, 0.29) is 5.91 Å². The van der Waals surface area contributed by atoms with Gasteiger partial charge in [-0.1, -0.05) is 18.2 Å². The average Bonchev–Trinajstić information content (AvgIpc) is 3.08. The number of rotatable bonds is 3. The fourth-order valence-corrected chi connectivity index (χ4v) is 3.68. The highest BCUT2D eigenvalue weighted by molar-refractivity contribution is 6.01. The quantitative estimate of drug-likeness (QED) is 0.726. The van der Waals surface area contributed by atoms with Gasteiger partial charge in [-0.2, -0.15) is 9.78 Å². The van der Waals surface area contributed by atoms with Crippen LogP contribution in [0.1, 0.15) is 34.8 Å². The summed E-state index contributed by atoms with van der Waals surface area (Å²) >= 11 is 0. The van der Waals surface area contributed by atoms with Gasteiger partial charge < -0.3 is 9.64 Å². The molecule has 0 saturated carbocycles. The number of nitrogens with zero attached hydrogens (tertiary/aromatic N) is 3. The van der Waals surface area contributed by atoms with E-state index in [2.05, 4.69) is 18.0 Å². The molecular weight excluding hydrogens is 326 g/mol. The van der Waals surface area contributed by atoms with Gasteiger partial charge in [0.25, 0.3) is 5.91 Å². The number of hydrogen-bond donors (Lipinski definition) is 0. The van der Waals surface area contributed by atoms with Crippen LogP contribution in [0.4, 0.5) is 0 Å². The fourth-order valence-electron chi connectivity index (χ4n) is 3.68. The molecule has 0 radical (unpaired) electrons. The number of hydrogen-bond acceptors (Lipinski definition) is 4. The second kappa shape index (κ2) is 6.92. The number of benzene rings is 2. The van der Waals surface area contributed by atoms with Crippen LogP contribution in [0.25, 0.3) is 10.9 Å². The van der Waals surface area contributed by atoms with Crippen LogP contribution in [0.15, 0.2) is 48.5 Å². The summed E-state index contributed by atoms with van der Waals surface area (Å²) in [6.45, 7) is 2.14. The predicted molar refractivity (Wildman–Crippen MR) is 102 cm³/mol. The number of likely N-dealkylation sites (tertiary alicyclic amines) is 1. The molecule has 4 rings (SSSR count). The van der Waals surface area contributed by atoms with Crippen molar-refractivity contribution in [2.45, 2.75) is 18.8 Å². The van der Waals surface area contributed by atoms with Gasteiger partial charge in [-0.25, -0.2) is 0 Å². The second-order valence-corrected chi connectivity index (χ2v) is 6.93. The molecule has 1 fully saturated rings. The van der Waals surface area contributed by atoms with Crippen molar-refractivity contribution in [1.29, 1.82) is 0 Å². The van der Waals surface area contributed by atoms with E-state index in [4.69, 9.17) is 9.84 Å². The molecule has 0 atom stereocenters. The number of fused-ring (bicyclic) bond motifs is 1. The van der Waals surface area contributed by atoms with Crippen LogP contribution < -0.4 is 4.74 Å². The van der Waals surface area contributed by atoms with Crippen LogP contribution in [0.2, 0.25) is 0 Å². The Balaban J connectivity index is 1.74. The van der Waals surface area contributed by atoms with Crippen molar-refractivity contribution in [2.75, 3.05) is 27.2 Å². The predicted octanol–water partition coefficient (Wildman–Crippen LogP) is 3.54. The van der Waals surface area contributed by atoms with Crippen molar-refractivity contribution in [2.24, 2.45) is 0 Å². The van der Waals surface area contributed by atoms with E-state index in [1.165, 1.54) is 0 Å². The highest BCUT2D eigenvalue weighted by Gasteiger charge is 2.25. The number of methoxy groups -OCH3 is 1. The van der Waals surface area contributed by atoms with Gasteiger partial charge in [0.05, 0.1) is 18.3 Å². The summed E-state index contributed by atoms with van der Waals surface area (Å²) in [4.78, 5) is 15.4. The van der Waals surface area contributed by atoms with Gasteiger partial charge in [0.15, 0.2) is 0 Å². The van der Waals surface area contributed by atoms with Crippen LogP contribution in [-0.4, -0.2) is 47.8 Å². The number of carbonyl (C=O) groups excluding carboxylic acids is 1. The number of ether oxygens (including phenoxy) is 1. The molecule has 2 aromatic carbocycles. The molecule has 1 aliphatic rings. The smallest absolute Gasteiger partial charge is 0.278 e. The lowest BCUT2D eigenvalue weighted by molar-refractivity contribution is 0.0949. The maximum Gasteiger partial charge on any atom is 0.278 e. The number of piperidine rings is 1. The molecule has 0 unspecified atom stereocenters. The molecular formula is C21H23N3O2. The fraction of sp³-hybridized carbons (Fsp3) is 0.333. The Morgan fingerprint density at radius 3 is 2.46 bits per heavy atom. The maximum absolute atomic E-state index is 13.1. The molecule has 26 heavy (non-hydrogen) atoms. The minimum atomic E-state index is -0.108. The molecule has 5 heteroatoms. The molecule has 5 nitrogen and oxygen atoms in total. The summed E-state index contributed by atoms with van der Waals surface area (Å²) < 4.78 is 6.74. The van der Waals surface area contributed by atoms with E-state index in [0.717, 1.165) is 48.3 Å². The first kappa shape index (κ1) is 16.8. The third-order valence-electron chi connectivity index (χ3n) is 5.25. The molecule has 1 aromatic heterocycles. The molecule has 1 saturated heterocycles. The third-order valence-corrected chi connectivity index (χ3v) is 5.25. The van der Waals surface area contributed by atoms with Gasteiger partial charge >= 0.3 is 0 Å². The average molecular weight is 349 g/mol. The van der Waals surface area contributed by atoms with Crippen LogP contribution in [-0.2, 0) is 0 Å². The topological polar surface area (TPSA) is 47.4 Å². The van der Waals surface area contributed by atoms with Crippen molar-refractivity contribution in [3.05, 3.63) is 59.8 Å². The first-order valence-electron chi connectivity index (χ1n) is 9.02. The van der Waals surface area contributed by atoms with Crippen LogP contribution in [0.5, 0.6) is 5.75 Å². The highest BCUT2D eigenvalue weighted by Crippen LogP contribution is 2.32. The number of aromatic nitrogens is 2. The minimum absolute atomic E-state index is 0.108. The van der Waals surface area contributed by atoms with Crippen molar-refractivity contribution in [3.8, 4) is 5.75 Å². The van der Waals surface area contributed by atoms with E-state index in [9.17, 15) is 4.79 Å². The Bertz CT molecular complexity index is 922. The van der Waals surface area contributed by atoms with E-state index in [1.54, 1.807) is 36.1 Å². The first-order chi connectivity index (χ1) is 12.7. The maximum atomic E-state index is 13.1. The Hall–Kier alpha value is -2.66. The summed E-state index contributed by atoms with van der Waals surface area (Å²) in [6.07, 6.45) is 2.16. The first-order valence-corrected chi connectivity index (χ1v) is 9.02. The molecule has 0 N–H and O–H groups in total. The summed E-state index contributed by atoms with van der Waals surface area (Å²) in [5.74, 6) is 1.03. The van der Waals surface area contributed by atoms with Crippen molar-refractivity contribution >= 4 is 16.8 Å². The molecule has 2 heterocycles. The number of carbonyl (C=O) groups is 1. The van der Waals surface area contributed by atoms with E-state index >= 15 is 0 Å². The Labute approximate surface area is 153 Å². The van der Waals surface area contributed by atoms with Crippen LogP contribution in [0.3, 0.4) is 0 Å². The SMILES string of the molecule is COc1ccc(C(=O)n2nc(C3CCN(C)CC3)c3ccccc32)cc1.